The first kappa shape index (κ1) is 25.7. The normalized spacial score (nSPS) is 22.7. The topological polar surface area (TPSA) is 69.7 Å². The standard InChI is InChI=1S/C29H43N3O3/c1-22-21-31(18-19-32(22)28(34)25-14-6-3-7-15-25)29(35)26(20-24-12-4-2-5-13-24)30-27(33)17-16-23-10-8-9-11-23/h2,4-5,12-13,22-23,25-26H,3,6-11,14-21H2,1H3,(H,30,33). The van der Waals surface area contributed by atoms with Gasteiger partial charge in [0.15, 0.2) is 0 Å². The van der Waals surface area contributed by atoms with Crippen LogP contribution in [0.5, 0.6) is 0 Å². The Morgan fingerprint density at radius 2 is 1.63 bits per heavy atom. The number of benzene rings is 1. The molecule has 1 aromatic rings. The van der Waals surface area contributed by atoms with E-state index < -0.39 is 6.04 Å². The number of nitrogens with zero attached hydrogens (tertiary/aromatic N) is 2. The summed E-state index contributed by atoms with van der Waals surface area (Å²) in [7, 11) is 0. The zero-order chi connectivity index (χ0) is 24.6. The molecule has 0 radical (unpaired) electrons. The smallest absolute Gasteiger partial charge is 0.245 e. The number of piperazine rings is 1. The first-order valence-electron chi connectivity index (χ1n) is 13.9. The van der Waals surface area contributed by atoms with Gasteiger partial charge in [0.1, 0.15) is 6.04 Å². The molecule has 0 bridgehead atoms. The van der Waals surface area contributed by atoms with Gasteiger partial charge in [0.2, 0.25) is 17.7 Å². The van der Waals surface area contributed by atoms with Crippen molar-refractivity contribution in [1.29, 1.82) is 0 Å². The van der Waals surface area contributed by atoms with Crippen LogP contribution in [0, 0.1) is 11.8 Å². The van der Waals surface area contributed by atoms with E-state index in [4.69, 9.17) is 0 Å². The summed E-state index contributed by atoms with van der Waals surface area (Å²) in [6.45, 7) is 3.69. The summed E-state index contributed by atoms with van der Waals surface area (Å²) in [4.78, 5) is 43.4. The summed E-state index contributed by atoms with van der Waals surface area (Å²) >= 11 is 0. The molecular weight excluding hydrogens is 438 g/mol. The summed E-state index contributed by atoms with van der Waals surface area (Å²) in [5.41, 5.74) is 1.04. The molecule has 0 aromatic heterocycles. The molecule has 1 heterocycles. The van der Waals surface area contributed by atoms with Crippen molar-refractivity contribution in [1.82, 2.24) is 15.1 Å². The molecule has 2 saturated carbocycles. The lowest BCUT2D eigenvalue weighted by Crippen LogP contribution is -2.60. The second-order valence-corrected chi connectivity index (χ2v) is 11.0. The maximum atomic E-state index is 13.6. The van der Waals surface area contributed by atoms with Gasteiger partial charge in [-0.2, -0.15) is 0 Å². The third-order valence-electron chi connectivity index (χ3n) is 8.35. The number of rotatable bonds is 8. The van der Waals surface area contributed by atoms with Gasteiger partial charge in [-0.3, -0.25) is 14.4 Å². The van der Waals surface area contributed by atoms with Crippen LogP contribution in [0.1, 0.15) is 83.1 Å². The van der Waals surface area contributed by atoms with Crippen LogP contribution in [0.15, 0.2) is 30.3 Å². The van der Waals surface area contributed by atoms with E-state index in [9.17, 15) is 14.4 Å². The fourth-order valence-electron chi connectivity index (χ4n) is 6.24. The highest BCUT2D eigenvalue weighted by Gasteiger charge is 2.36. The zero-order valence-corrected chi connectivity index (χ0v) is 21.4. The highest BCUT2D eigenvalue weighted by molar-refractivity contribution is 5.88. The van der Waals surface area contributed by atoms with Gasteiger partial charge in [0.25, 0.3) is 0 Å². The Morgan fingerprint density at radius 1 is 0.943 bits per heavy atom. The summed E-state index contributed by atoms with van der Waals surface area (Å²) in [5, 5.41) is 3.08. The van der Waals surface area contributed by atoms with Crippen LogP contribution in [0.25, 0.3) is 0 Å². The van der Waals surface area contributed by atoms with E-state index in [1.807, 2.05) is 47.1 Å². The predicted molar refractivity (Wildman–Crippen MR) is 138 cm³/mol. The molecule has 192 valence electrons. The minimum atomic E-state index is -0.568. The van der Waals surface area contributed by atoms with Crippen LogP contribution in [-0.4, -0.2) is 59.2 Å². The fraction of sp³-hybridized carbons (Fsp3) is 0.690. The quantitative estimate of drug-likeness (QED) is 0.601. The molecule has 4 rings (SSSR count). The second-order valence-electron chi connectivity index (χ2n) is 11.0. The zero-order valence-electron chi connectivity index (χ0n) is 21.4. The predicted octanol–water partition coefficient (Wildman–Crippen LogP) is 4.32. The third-order valence-corrected chi connectivity index (χ3v) is 8.35. The molecular formula is C29H43N3O3. The van der Waals surface area contributed by atoms with Crippen LogP contribution in [0.3, 0.4) is 0 Å². The first-order valence-corrected chi connectivity index (χ1v) is 13.9. The highest BCUT2D eigenvalue weighted by Crippen LogP contribution is 2.29. The van der Waals surface area contributed by atoms with E-state index in [1.165, 1.54) is 32.1 Å². The molecule has 1 aliphatic heterocycles. The minimum absolute atomic E-state index is 0.00225. The molecule has 35 heavy (non-hydrogen) atoms. The van der Waals surface area contributed by atoms with Crippen LogP contribution >= 0.6 is 0 Å². The van der Waals surface area contributed by atoms with Crippen LogP contribution in [0.4, 0.5) is 0 Å². The van der Waals surface area contributed by atoms with Crippen molar-refractivity contribution in [2.75, 3.05) is 19.6 Å². The van der Waals surface area contributed by atoms with E-state index in [0.717, 1.165) is 37.7 Å². The Kier molecular flexibility index (Phi) is 9.22. The minimum Gasteiger partial charge on any atom is -0.344 e. The van der Waals surface area contributed by atoms with Crippen molar-refractivity contribution in [3.8, 4) is 0 Å². The molecule has 3 fully saturated rings. The van der Waals surface area contributed by atoms with E-state index in [2.05, 4.69) is 5.32 Å². The molecule has 3 aliphatic rings. The Bertz CT molecular complexity index is 846. The van der Waals surface area contributed by atoms with Crippen LogP contribution < -0.4 is 5.32 Å². The molecule has 2 atom stereocenters. The third kappa shape index (κ3) is 7.08. The molecule has 6 heteroatoms. The van der Waals surface area contributed by atoms with Crippen LogP contribution in [-0.2, 0) is 20.8 Å². The maximum absolute atomic E-state index is 13.6. The monoisotopic (exact) mass is 481 g/mol. The molecule has 2 aliphatic carbocycles. The number of amides is 3. The van der Waals surface area contributed by atoms with Gasteiger partial charge >= 0.3 is 0 Å². The molecule has 1 N–H and O–H groups in total. The number of hydrogen-bond acceptors (Lipinski definition) is 3. The number of carbonyl (C=O) groups is 3. The van der Waals surface area contributed by atoms with Gasteiger partial charge in [-0.1, -0.05) is 75.3 Å². The summed E-state index contributed by atoms with van der Waals surface area (Å²) in [6.07, 6.45) is 12.4. The first-order chi connectivity index (χ1) is 17.0. The molecule has 1 aromatic carbocycles. The van der Waals surface area contributed by atoms with Crippen LogP contribution in [0.2, 0.25) is 0 Å². The SMILES string of the molecule is CC1CN(C(=O)C(Cc2ccccc2)NC(=O)CCC2CCCC2)CCN1C(=O)C1CCCCC1. The average Bonchev–Trinajstić information content (AvgIpc) is 3.41. The van der Waals surface area contributed by atoms with Gasteiger partial charge in [-0.25, -0.2) is 0 Å². The average molecular weight is 482 g/mol. The van der Waals surface area contributed by atoms with Crippen molar-refractivity contribution in [2.24, 2.45) is 11.8 Å². The van der Waals surface area contributed by atoms with E-state index in [-0.39, 0.29) is 29.7 Å². The number of hydrogen-bond donors (Lipinski definition) is 1. The lowest BCUT2D eigenvalue weighted by Gasteiger charge is -2.42. The van der Waals surface area contributed by atoms with E-state index >= 15 is 0 Å². The van der Waals surface area contributed by atoms with Crippen molar-refractivity contribution in [3.63, 3.8) is 0 Å². The van der Waals surface area contributed by atoms with Crippen molar-refractivity contribution in [2.45, 2.75) is 96.1 Å². The largest absolute Gasteiger partial charge is 0.344 e. The molecule has 0 spiro atoms. The lowest BCUT2D eigenvalue weighted by atomic mass is 9.87. The maximum Gasteiger partial charge on any atom is 0.245 e. The molecule has 3 amide bonds. The Hall–Kier alpha value is -2.37. The van der Waals surface area contributed by atoms with Crippen molar-refractivity contribution in [3.05, 3.63) is 35.9 Å². The van der Waals surface area contributed by atoms with Crippen molar-refractivity contribution >= 4 is 17.7 Å². The Morgan fingerprint density at radius 3 is 2.31 bits per heavy atom. The summed E-state index contributed by atoms with van der Waals surface area (Å²) in [5.74, 6) is 1.02. The highest BCUT2D eigenvalue weighted by atomic mass is 16.2. The molecule has 6 nitrogen and oxygen atoms in total. The lowest BCUT2D eigenvalue weighted by molar-refractivity contribution is -0.147. The summed E-state index contributed by atoms with van der Waals surface area (Å²) in [6, 6.07) is 9.35. The number of carbonyl (C=O) groups excluding carboxylic acids is 3. The second kappa shape index (κ2) is 12.5. The Balaban J connectivity index is 1.36. The van der Waals surface area contributed by atoms with Gasteiger partial charge in [0, 0.05) is 44.4 Å². The van der Waals surface area contributed by atoms with Gasteiger partial charge in [-0.05, 0) is 37.7 Å². The van der Waals surface area contributed by atoms with Gasteiger partial charge < -0.3 is 15.1 Å². The van der Waals surface area contributed by atoms with E-state index in [1.54, 1.807) is 0 Å². The van der Waals surface area contributed by atoms with Gasteiger partial charge in [0.05, 0.1) is 0 Å². The summed E-state index contributed by atoms with van der Waals surface area (Å²) < 4.78 is 0. The number of nitrogens with one attached hydrogen (secondary N) is 1. The van der Waals surface area contributed by atoms with Crippen molar-refractivity contribution < 1.29 is 14.4 Å². The van der Waals surface area contributed by atoms with Gasteiger partial charge in [-0.15, -0.1) is 0 Å². The molecule has 2 unspecified atom stereocenters. The molecule has 1 saturated heterocycles. The Labute approximate surface area is 210 Å². The van der Waals surface area contributed by atoms with E-state index in [0.29, 0.717) is 38.4 Å². The fourth-order valence-corrected chi connectivity index (χ4v) is 6.24.